The Labute approximate surface area is 148 Å². The fraction of sp³-hybridized carbons (Fsp3) is 0.278. The summed E-state index contributed by atoms with van der Waals surface area (Å²) in [6, 6.07) is 12.8. The van der Waals surface area contributed by atoms with Crippen LogP contribution in [0.4, 0.5) is 4.39 Å². The second-order valence-electron chi connectivity index (χ2n) is 5.75. The van der Waals surface area contributed by atoms with E-state index >= 15 is 0 Å². The van der Waals surface area contributed by atoms with Gasteiger partial charge in [-0.05, 0) is 30.3 Å². The first-order valence-electron chi connectivity index (χ1n) is 7.76. The number of aliphatic hydroxyl groups excluding tert-OH is 1. The highest BCUT2D eigenvalue weighted by Crippen LogP contribution is 2.20. The van der Waals surface area contributed by atoms with E-state index in [9.17, 15) is 9.50 Å². The molecule has 0 radical (unpaired) electrons. The Hall–Kier alpha value is -1.76. The van der Waals surface area contributed by atoms with Gasteiger partial charge >= 0.3 is 0 Å². The number of fused-ring (bicyclic) bond motifs is 1. The van der Waals surface area contributed by atoms with E-state index in [1.165, 1.54) is 6.07 Å². The van der Waals surface area contributed by atoms with Crippen molar-refractivity contribution in [1.82, 2.24) is 14.5 Å². The van der Waals surface area contributed by atoms with Gasteiger partial charge in [-0.3, -0.25) is 4.90 Å². The van der Waals surface area contributed by atoms with Gasteiger partial charge in [-0.2, -0.15) is 0 Å². The van der Waals surface area contributed by atoms with E-state index in [-0.39, 0.29) is 12.4 Å². The molecule has 0 saturated carbocycles. The first-order chi connectivity index (χ1) is 11.6. The van der Waals surface area contributed by atoms with Crippen LogP contribution in [0.2, 0.25) is 0 Å². The number of imidazole rings is 1. The van der Waals surface area contributed by atoms with Crippen LogP contribution in [0.15, 0.2) is 46.9 Å². The highest BCUT2D eigenvalue weighted by atomic mass is 79.9. The van der Waals surface area contributed by atoms with Gasteiger partial charge in [0.05, 0.1) is 24.2 Å². The minimum absolute atomic E-state index is 0.0135. The predicted molar refractivity (Wildman–Crippen MR) is 96.0 cm³/mol. The quantitative estimate of drug-likeness (QED) is 0.699. The van der Waals surface area contributed by atoms with Gasteiger partial charge < -0.3 is 9.67 Å². The molecular formula is C18H19BrFN3O. The van der Waals surface area contributed by atoms with Crippen LogP contribution in [0, 0.1) is 5.82 Å². The molecule has 0 unspecified atom stereocenters. The van der Waals surface area contributed by atoms with E-state index in [0.717, 1.165) is 21.3 Å². The standard InChI is InChI=1S/C18H19BrFN3O/c1-22-17-5-3-2-4-16(17)21-18(22)12-23(8-9-24)11-13-10-14(19)6-7-15(13)20/h2-7,10,24H,8-9,11-12H2,1H3. The van der Waals surface area contributed by atoms with Gasteiger partial charge in [-0.1, -0.05) is 28.1 Å². The molecule has 0 aliphatic carbocycles. The molecule has 1 N–H and O–H groups in total. The van der Waals surface area contributed by atoms with Crippen molar-refractivity contribution in [2.24, 2.45) is 7.05 Å². The van der Waals surface area contributed by atoms with Crippen LogP contribution in [-0.2, 0) is 20.1 Å². The molecule has 0 fully saturated rings. The van der Waals surface area contributed by atoms with E-state index in [4.69, 9.17) is 0 Å². The van der Waals surface area contributed by atoms with Crippen molar-refractivity contribution in [3.05, 3.63) is 64.1 Å². The maximum absolute atomic E-state index is 14.0. The van der Waals surface area contributed by atoms with E-state index in [0.29, 0.717) is 25.2 Å². The molecule has 0 aliphatic rings. The van der Waals surface area contributed by atoms with Crippen LogP contribution in [0.1, 0.15) is 11.4 Å². The van der Waals surface area contributed by atoms with Gasteiger partial charge in [0.1, 0.15) is 11.6 Å². The van der Waals surface area contributed by atoms with Gasteiger partial charge in [0.25, 0.3) is 0 Å². The highest BCUT2D eigenvalue weighted by Gasteiger charge is 2.14. The lowest BCUT2D eigenvalue weighted by molar-refractivity contribution is 0.178. The van der Waals surface area contributed by atoms with Gasteiger partial charge in [0.2, 0.25) is 0 Å². The number of hydrogen-bond acceptors (Lipinski definition) is 3. The van der Waals surface area contributed by atoms with Crippen LogP contribution in [-0.4, -0.2) is 32.7 Å². The van der Waals surface area contributed by atoms with Crippen molar-refractivity contribution in [3.8, 4) is 0 Å². The van der Waals surface area contributed by atoms with E-state index in [1.54, 1.807) is 12.1 Å². The summed E-state index contributed by atoms with van der Waals surface area (Å²) >= 11 is 3.38. The SMILES string of the molecule is Cn1c(CN(CCO)Cc2cc(Br)ccc2F)nc2ccccc21. The maximum atomic E-state index is 14.0. The minimum atomic E-state index is -0.244. The number of para-hydroxylation sites is 2. The number of hydrogen-bond donors (Lipinski definition) is 1. The number of nitrogens with zero attached hydrogens (tertiary/aromatic N) is 3. The molecule has 0 spiro atoms. The van der Waals surface area contributed by atoms with Gasteiger partial charge in [-0.25, -0.2) is 9.37 Å². The summed E-state index contributed by atoms with van der Waals surface area (Å²) in [7, 11) is 1.97. The smallest absolute Gasteiger partial charge is 0.127 e. The third kappa shape index (κ3) is 3.66. The summed E-state index contributed by atoms with van der Waals surface area (Å²) in [6.45, 7) is 1.42. The number of aryl methyl sites for hydroxylation is 1. The van der Waals surface area contributed by atoms with Gasteiger partial charge in [0, 0.05) is 30.2 Å². The van der Waals surface area contributed by atoms with Gasteiger partial charge in [0.15, 0.2) is 0 Å². The Bertz CT molecular complexity index is 849. The zero-order chi connectivity index (χ0) is 17.1. The van der Waals surface area contributed by atoms with Crippen LogP contribution in [0.3, 0.4) is 0 Å². The number of aliphatic hydroxyl groups is 1. The van der Waals surface area contributed by atoms with Crippen LogP contribution in [0.5, 0.6) is 0 Å². The number of aromatic nitrogens is 2. The second kappa shape index (κ2) is 7.42. The monoisotopic (exact) mass is 391 g/mol. The Kier molecular flexibility index (Phi) is 5.28. The number of rotatable bonds is 6. The van der Waals surface area contributed by atoms with E-state index < -0.39 is 0 Å². The first-order valence-corrected chi connectivity index (χ1v) is 8.55. The predicted octanol–water partition coefficient (Wildman–Crippen LogP) is 3.47. The van der Waals surface area contributed by atoms with Crippen molar-refractivity contribution >= 4 is 27.0 Å². The zero-order valence-electron chi connectivity index (χ0n) is 13.4. The van der Waals surface area contributed by atoms with Crippen LogP contribution >= 0.6 is 15.9 Å². The van der Waals surface area contributed by atoms with Crippen LogP contribution < -0.4 is 0 Å². The topological polar surface area (TPSA) is 41.3 Å². The average molecular weight is 392 g/mol. The largest absolute Gasteiger partial charge is 0.395 e. The lowest BCUT2D eigenvalue weighted by Gasteiger charge is -2.21. The summed E-state index contributed by atoms with van der Waals surface area (Å²) in [5.41, 5.74) is 2.59. The highest BCUT2D eigenvalue weighted by molar-refractivity contribution is 9.10. The Morgan fingerprint density at radius 3 is 2.75 bits per heavy atom. The van der Waals surface area contributed by atoms with Crippen molar-refractivity contribution in [2.75, 3.05) is 13.2 Å². The summed E-state index contributed by atoms with van der Waals surface area (Å²) in [5.74, 6) is 0.645. The van der Waals surface area contributed by atoms with Crippen molar-refractivity contribution in [2.45, 2.75) is 13.1 Å². The molecule has 6 heteroatoms. The maximum Gasteiger partial charge on any atom is 0.127 e. The summed E-state index contributed by atoms with van der Waals surface area (Å²) in [5, 5.41) is 9.35. The number of halogens is 2. The summed E-state index contributed by atoms with van der Waals surface area (Å²) in [6.07, 6.45) is 0. The summed E-state index contributed by atoms with van der Waals surface area (Å²) < 4.78 is 16.9. The van der Waals surface area contributed by atoms with Crippen molar-refractivity contribution in [3.63, 3.8) is 0 Å². The summed E-state index contributed by atoms with van der Waals surface area (Å²) in [4.78, 5) is 6.64. The molecule has 4 nitrogen and oxygen atoms in total. The molecule has 1 aromatic heterocycles. The molecule has 24 heavy (non-hydrogen) atoms. The van der Waals surface area contributed by atoms with Gasteiger partial charge in [-0.15, -0.1) is 0 Å². The molecule has 0 atom stereocenters. The molecule has 0 amide bonds. The molecule has 1 heterocycles. The fourth-order valence-electron chi connectivity index (χ4n) is 2.80. The Balaban J connectivity index is 1.85. The fourth-order valence-corrected chi connectivity index (χ4v) is 3.21. The van der Waals surface area contributed by atoms with E-state index in [2.05, 4.69) is 20.9 Å². The Morgan fingerprint density at radius 2 is 2.00 bits per heavy atom. The number of benzene rings is 2. The first kappa shape index (κ1) is 17.1. The van der Waals surface area contributed by atoms with Crippen LogP contribution in [0.25, 0.3) is 11.0 Å². The molecule has 0 bridgehead atoms. The molecular weight excluding hydrogens is 373 g/mol. The van der Waals surface area contributed by atoms with Crippen molar-refractivity contribution in [1.29, 1.82) is 0 Å². The molecule has 2 aromatic carbocycles. The minimum Gasteiger partial charge on any atom is -0.395 e. The molecule has 0 aliphatic heterocycles. The molecule has 3 rings (SSSR count). The lowest BCUT2D eigenvalue weighted by atomic mass is 10.2. The van der Waals surface area contributed by atoms with E-state index in [1.807, 2.05) is 40.8 Å². The third-order valence-electron chi connectivity index (χ3n) is 4.06. The average Bonchev–Trinajstić information content (AvgIpc) is 2.88. The third-order valence-corrected chi connectivity index (χ3v) is 4.56. The molecule has 0 saturated heterocycles. The second-order valence-corrected chi connectivity index (χ2v) is 6.66. The van der Waals surface area contributed by atoms with Crippen molar-refractivity contribution < 1.29 is 9.50 Å². The molecule has 3 aromatic rings. The normalized spacial score (nSPS) is 11.5. The molecule has 126 valence electrons. The zero-order valence-corrected chi connectivity index (χ0v) is 15.0. The Morgan fingerprint density at radius 1 is 1.21 bits per heavy atom. The lowest BCUT2D eigenvalue weighted by Crippen LogP contribution is -2.27.